The number of benzene rings is 1. The lowest BCUT2D eigenvalue weighted by Crippen LogP contribution is -2.23. The number of rotatable bonds is 7. The van der Waals surface area contributed by atoms with Crippen molar-refractivity contribution in [3.63, 3.8) is 0 Å². The van der Waals surface area contributed by atoms with Crippen molar-refractivity contribution in [2.24, 2.45) is 0 Å². The number of nitrogens with one attached hydrogen (secondary N) is 1. The molecule has 1 aromatic carbocycles. The van der Waals surface area contributed by atoms with Crippen molar-refractivity contribution in [3.05, 3.63) is 47.4 Å². The van der Waals surface area contributed by atoms with Gasteiger partial charge in [0.1, 0.15) is 12.4 Å². The number of hydrogen-bond acceptors (Lipinski definition) is 4. The number of halogens is 3. The molecule has 148 valence electrons. The molecule has 3 rings (SSSR count). The first-order chi connectivity index (χ1) is 12.7. The summed E-state index contributed by atoms with van der Waals surface area (Å²) in [7, 11) is -3.76. The summed E-state index contributed by atoms with van der Waals surface area (Å²) in [5.74, 6) is 0.769. The molecule has 0 fully saturated rings. The second-order valence-corrected chi connectivity index (χ2v) is 8.11. The van der Waals surface area contributed by atoms with Gasteiger partial charge in [0.05, 0.1) is 6.61 Å². The quantitative estimate of drug-likeness (QED) is 0.772. The van der Waals surface area contributed by atoms with Gasteiger partial charge in [-0.15, -0.1) is 0 Å². The van der Waals surface area contributed by atoms with Crippen LogP contribution in [0.1, 0.15) is 29.8 Å². The first kappa shape index (κ1) is 19.8. The lowest BCUT2D eigenvalue weighted by Gasteiger charge is -2.11. The predicted octanol–water partition coefficient (Wildman–Crippen LogP) is 2.78. The largest absolute Gasteiger partial charge is 0.411 e. The predicted molar refractivity (Wildman–Crippen MR) is 91.3 cm³/mol. The van der Waals surface area contributed by atoms with Crippen LogP contribution in [0.3, 0.4) is 0 Å². The number of ether oxygens (including phenoxy) is 1. The van der Waals surface area contributed by atoms with Crippen LogP contribution in [-0.4, -0.2) is 30.8 Å². The zero-order chi connectivity index (χ0) is 19.5. The van der Waals surface area contributed by atoms with E-state index in [0.29, 0.717) is 11.1 Å². The molecule has 0 unspecified atom stereocenters. The van der Waals surface area contributed by atoms with Crippen molar-refractivity contribution in [1.82, 2.24) is 14.3 Å². The molecule has 0 atom stereocenters. The molecule has 2 heterocycles. The normalized spacial score (nSPS) is 14.9. The molecular weight excluding hydrogens is 383 g/mol. The SMILES string of the molecule is O=S(=O)(NCc1cccc(COCC(F)(F)F)c1)c1cn2c(n1)CCCC2. The summed E-state index contributed by atoms with van der Waals surface area (Å²) >= 11 is 0. The maximum atomic E-state index is 12.5. The molecule has 1 N–H and O–H groups in total. The van der Waals surface area contributed by atoms with Crippen LogP contribution < -0.4 is 4.72 Å². The van der Waals surface area contributed by atoms with Crippen LogP contribution >= 0.6 is 0 Å². The molecule has 0 radical (unpaired) electrons. The fourth-order valence-electron chi connectivity index (χ4n) is 2.88. The maximum absolute atomic E-state index is 12.5. The van der Waals surface area contributed by atoms with Gasteiger partial charge in [-0.2, -0.15) is 13.2 Å². The standard InChI is InChI=1S/C17H20F3N3O3S/c18-17(19,20)12-26-11-14-5-3-4-13(8-14)9-21-27(24,25)16-10-23-7-2-1-6-15(23)22-16/h3-5,8,10,21H,1-2,6-7,9,11-12H2. The average molecular weight is 403 g/mol. The van der Waals surface area contributed by atoms with Gasteiger partial charge in [-0.05, 0) is 24.0 Å². The fourth-order valence-corrected chi connectivity index (χ4v) is 3.88. The van der Waals surface area contributed by atoms with Crippen molar-refractivity contribution in [2.45, 2.75) is 50.2 Å². The zero-order valence-corrected chi connectivity index (χ0v) is 15.3. The topological polar surface area (TPSA) is 73.2 Å². The van der Waals surface area contributed by atoms with Gasteiger partial charge < -0.3 is 9.30 Å². The second-order valence-electron chi connectivity index (χ2n) is 6.40. The average Bonchev–Trinajstić information content (AvgIpc) is 3.05. The van der Waals surface area contributed by atoms with Gasteiger partial charge in [-0.1, -0.05) is 24.3 Å². The van der Waals surface area contributed by atoms with E-state index in [0.717, 1.165) is 31.6 Å². The molecule has 0 bridgehead atoms. The molecule has 10 heteroatoms. The molecule has 0 aliphatic carbocycles. The minimum atomic E-state index is -4.38. The summed E-state index contributed by atoms with van der Waals surface area (Å²) in [6.07, 6.45) is -0.0860. The number of fused-ring (bicyclic) bond motifs is 1. The van der Waals surface area contributed by atoms with Gasteiger partial charge in [-0.25, -0.2) is 18.1 Å². The molecule has 0 spiro atoms. The third-order valence-corrected chi connectivity index (χ3v) is 5.43. The van der Waals surface area contributed by atoms with E-state index in [2.05, 4.69) is 14.4 Å². The Labute approximate surface area is 155 Å². The van der Waals surface area contributed by atoms with Crippen molar-refractivity contribution in [2.75, 3.05) is 6.61 Å². The van der Waals surface area contributed by atoms with E-state index in [1.54, 1.807) is 24.3 Å². The van der Waals surface area contributed by atoms with Gasteiger partial charge in [0.25, 0.3) is 10.0 Å². The van der Waals surface area contributed by atoms with Gasteiger partial charge in [0, 0.05) is 25.7 Å². The van der Waals surface area contributed by atoms with E-state index in [4.69, 9.17) is 0 Å². The molecule has 0 saturated heterocycles. The number of hydrogen-bond donors (Lipinski definition) is 1. The van der Waals surface area contributed by atoms with E-state index < -0.39 is 22.8 Å². The summed E-state index contributed by atoms with van der Waals surface area (Å²) in [6, 6.07) is 6.56. The van der Waals surface area contributed by atoms with Crippen LogP contribution in [0, 0.1) is 0 Å². The van der Waals surface area contributed by atoms with Gasteiger partial charge in [0.2, 0.25) is 0 Å². The second kappa shape index (κ2) is 7.99. The van der Waals surface area contributed by atoms with Crippen molar-refractivity contribution < 1.29 is 26.3 Å². The number of sulfonamides is 1. The Kier molecular flexibility index (Phi) is 5.87. The van der Waals surface area contributed by atoms with Crippen LogP contribution in [-0.2, 0) is 40.9 Å². The van der Waals surface area contributed by atoms with Crippen LogP contribution in [0.2, 0.25) is 0 Å². The summed E-state index contributed by atoms with van der Waals surface area (Å²) < 4.78 is 70.3. The van der Waals surface area contributed by atoms with E-state index in [1.165, 1.54) is 6.20 Å². The molecule has 1 aliphatic rings. The minimum absolute atomic E-state index is 0.0101. The van der Waals surface area contributed by atoms with Crippen molar-refractivity contribution >= 4 is 10.0 Å². The Morgan fingerprint density at radius 2 is 2.00 bits per heavy atom. The molecule has 0 amide bonds. The first-order valence-electron chi connectivity index (χ1n) is 8.51. The number of aromatic nitrogens is 2. The van der Waals surface area contributed by atoms with E-state index in [1.807, 2.05) is 4.57 Å². The number of imidazole rings is 1. The highest BCUT2D eigenvalue weighted by atomic mass is 32.2. The van der Waals surface area contributed by atoms with Crippen molar-refractivity contribution in [3.8, 4) is 0 Å². The summed E-state index contributed by atoms with van der Waals surface area (Å²) in [6.45, 7) is -0.752. The van der Waals surface area contributed by atoms with Crippen molar-refractivity contribution in [1.29, 1.82) is 0 Å². The molecule has 1 aliphatic heterocycles. The third kappa shape index (κ3) is 5.53. The van der Waals surface area contributed by atoms with Crippen LogP contribution in [0.5, 0.6) is 0 Å². The molecule has 1 aromatic heterocycles. The first-order valence-corrected chi connectivity index (χ1v) is 9.99. The summed E-state index contributed by atoms with van der Waals surface area (Å²) in [4.78, 5) is 4.20. The number of alkyl halides is 3. The highest BCUT2D eigenvalue weighted by Gasteiger charge is 2.27. The summed E-state index contributed by atoms with van der Waals surface area (Å²) in [5, 5.41) is -0.0101. The highest BCUT2D eigenvalue weighted by Crippen LogP contribution is 2.18. The Morgan fingerprint density at radius 1 is 1.22 bits per heavy atom. The van der Waals surface area contributed by atoms with Crippen LogP contribution in [0.25, 0.3) is 0 Å². The Morgan fingerprint density at radius 3 is 2.74 bits per heavy atom. The molecular formula is C17H20F3N3O3S. The summed E-state index contributed by atoms with van der Waals surface area (Å²) in [5.41, 5.74) is 1.16. The lowest BCUT2D eigenvalue weighted by atomic mass is 10.1. The maximum Gasteiger partial charge on any atom is 0.411 e. The number of nitrogens with zero attached hydrogens (tertiary/aromatic N) is 2. The van der Waals surface area contributed by atoms with Gasteiger partial charge in [0.15, 0.2) is 5.03 Å². The van der Waals surface area contributed by atoms with E-state index in [-0.39, 0.29) is 18.2 Å². The highest BCUT2D eigenvalue weighted by molar-refractivity contribution is 7.89. The lowest BCUT2D eigenvalue weighted by molar-refractivity contribution is -0.176. The van der Waals surface area contributed by atoms with E-state index in [9.17, 15) is 21.6 Å². The van der Waals surface area contributed by atoms with Gasteiger partial charge >= 0.3 is 6.18 Å². The zero-order valence-electron chi connectivity index (χ0n) is 14.5. The smallest absolute Gasteiger partial charge is 0.367 e. The third-order valence-electron chi connectivity index (χ3n) is 4.15. The van der Waals surface area contributed by atoms with Crippen LogP contribution in [0.4, 0.5) is 13.2 Å². The fraction of sp³-hybridized carbons (Fsp3) is 0.471. The monoisotopic (exact) mass is 403 g/mol. The molecule has 2 aromatic rings. The molecule has 0 saturated carbocycles. The Hall–Kier alpha value is -1.91. The van der Waals surface area contributed by atoms with E-state index >= 15 is 0 Å². The molecule has 6 nitrogen and oxygen atoms in total. The van der Waals surface area contributed by atoms with Gasteiger partial charge in [-0.3, -0.25) is 0 Å². The Bertz CT molecular complexity index is 871. The number of aryl methyl sites for hydroxylation is 2. The minimum Gasteiger partial charge on any atom is -0.367 e. The van der Waals surface area contributed by atoms with Crippen LogP contribution in [0.15, 0.2) is 35.5 Å². The Balaban J connectivity index is 1.60. The molecule has 27 heavy (non-hydrogen) atoms.